The van der Waals surface area contributed by atoms with Crippen molar-refractivity contribution in [1.29, 1.82) is 0 Å². The number of hydrogen-bond donors (Lipinski definition) is 3. The lowest BCUT2D eigenvalue weighted by Crippen LogP contribution is -2.42. The summed E-state index contributed by atoms with van der Waals surface area (Å²) in [7, 11) is 2.65. The molecule has 5 atom stereocenters. The Morgan fingerprint density at radius 3 is 2.45 bits per heavy atom. The van der Waals surface area contributed by atoms with Crippen molar-refractivity contribution in [2.45, 2.75) is 37.7 Å². The number of amides is 4. The van der Waals surface area contributed by atoms with Crippen LogP contribution in [0.3, 0.4) is 0 Å². The molecule has 3 rings (SSSR count). The van der Waals surface area contributed by atoms with Crippen molar-refractivity contribution in [2.75, 3.05) is 33.4 Å². The maximum absolute atomic E-state index is 12.2. The summed E-state index contributed by atoms with van der Waals surface area (Å²) in [5.74, 6) is -1.48. The van der Waals surface area contributed by atoms with Crippen LogP contribution in [0.5, 0.6) is 0 Å². The number of phosphoric ester groups is 1. The number of nitrogens with zero attached hydrogens (tertiary/aromatic N) is 1. The second-order valence-corrected chi connectivity index (χ2v) is 10.4. The SMILES string of the molecule is [B][C@@H]1O[C@H](COC(=O)OCc2ccccc2)C(OP(=O)(O)OC)[C@@H]1CCCNC(=O)NCCN1C(=O)C=CC1=O. The monoisotopic (exact) mass is 579 g/mol. The lowest BCUT2D eigenvalue weighted by Gasteiger charge is -2.25. The van der Waals surface area contributed by atoms with E-state index < -0.39 is 56.0 Å². The maximum Gasteiger partial charge on any atom is 0.508 e. The van der Waals surface area contributed by atoms with Crippen molar-refractivity contribution in [3.63, 3.8) is 0 Å². The van der Waals surface area contributed by atoms with Crippen LogP contribution >= 0.6 is 7.82 Å². The van der Waals surface area contributed by atoms with Gasteiger partial charge in [0.1, 0.15) is 33.3 Å². The molecule has 0 aliphatic carbocycles. The van der Waals surface area contributed by atoms with Gasteiger partial charge in [0.15, 0.2) is 0 Å². The molecule has 14 nitrogen and oxygen atoms in total. The van der Waals surface area contributed by atoms with Crippen LogP contribution < -0.4 is 10.6 Å². The quantitative estimate of drug-likeness (QED) is 0.0941. The van der Waals surface area contributed by atoms with E-state index in [1.807, 2.05) is 6.07 Å². The third kappa shape index (κ3) is 9.45. The number of rotatable bonds is 14. The Bertz CT molecular complexity index is 1100. The van der Waals surface area contributed by atoms with Crippen molar-refractivity contribution in [2.24, 2.45) is 5.92 Å². The van der Waals surface area contributed by atoms with Crippen LogP contribution in [0.4, 0.5) is 9.59 Å². The van der Waals surface area contributed by atoms with Gasteiger partial charge in [0.25, 0.3) is 11.8 Å². The molecule has 4 amide bonds. The van der Waals surface area contributed by atoms with E-state index >= 15 is 0 Å². The van der Waals surface area contributed by atoms with Crippen LogP contribution in [0.25, 0.3) is 0 Å². The summed E-state index contributed by atoms with van der Waals surface area (Å²) in [6.45, 7) is -0.0473. The zero-order valence-electron chi connectivity index (χ0n) is 21.8. The molecule has 1 aromatic rings. The number of urea groups is 1. The summed E-state index contributed by atoms with van der Waals surface area (Å²) in [6.07, 6.45) is 0.00509. The second-order valence-electron chi connectivity index (χ2n) is 8.85. The van der Waals surface area contributed by atoms with Gasteiger partial charge in [0.2, 0.25) is 0 Å². The third-order valence-electron chi connectivity index (χ3n) is 6.11. The van der Waals surface area contributed by atoms with Gasteiger partial charge < -0.3 is 29.7 Å². The first-order valence-electron chi connectivity index (χ1n) is 12.5. The highest BCUT2D eigenvalue weighted by Gasteiger charge is 2.46. The molecular formula is C24H31BN3O11P. The number of carbonyl (C=O) groups excluding carboxylic acids is 4. The first kappa shape index (κ1) is 31.3. The number of imide groups is 1. The van der Waals surface area contributed by atoms with E-state index in [0.29, 0.717) is 12.8 Å². The van der Waals surface area contributed by atoms with Gasteiger partial charge in [-0.15, -0.1) is 0 Å². The Labute approximate surface area is 232 Å². The predicted octanol–water partition coefficient (Wildman–Crippen LogP) is 0.986. The van der Waals surface area contributed by atoms with Crippen LogP contribution in [-0.2, 0) is 44.0 Å². The van der Waals surface area contributed by atoms with Gasteiger partial charge in [-0.25, -0.2) is 14.2 Å². The summed E-state index contributed by atoms with van der Waals surface area (Å²) in [6, 6.07) is 7.54. The van der Waals surface area contributed by atoms with Gasteiger partial charge >= 0.3 is 20.0 Å². The minimum absolute atomic E-state index is 0.00489. The Morgan fingerprint density at radius 2 is 1.77 bits per heavy atom. The highest BCUT2D eigenvalue weighted by molar-refractivity contribution is 7.47. The molecule has 16 heteroatoms. The summed E-state index contributed by atoms with van der Waals surface area (Å²) in [5.41, 5.74) is 0.762. The fraction of sp³-hybridized carbons (Fsp3) is 0.500. The molecule has 0 saturated carbocycles. The molecule has 0 aromatic heterocycles. The van der Waals surface area contributed by atoms with Crippen LogP contribution in [0.2, 0.25) is 0 Å². The Morgan fingerprint density at radius 1 is 1.10 bits per heavy atom. The van der Waals surface area contributed by atoms with E-state index in [1.165, 1.54) is 0 Å². The minimum atomic E-state index is -4.45. The predicted molar refractivity (Wildman–Crippen MR) is 139 cm³/mol. The Hall–Kier alpha value is -3.23. The van der Waals surface area contributed by atoms with E-state index in [4.69, 9.17) is 26.6 Å². The van der Waals surface area contributed by atoms with Crippen LogP contribution in [0, 0.1) is 5.92 Å². The summed E-state index contributed by atoms with van der Waals surface area (Å²) < 4.78 is 37.8. The molecule has 0 bridgehead atoms. The topological polar surface area (TPSA) is 179 Å². The van der Waals surface area contributed by atoms with E-state index in [-0.39, 0.29) is 32.8 Å². The normalized spacial score (nSPS) is 23.6. The largest absolute Gasteiger partial charge is 0.508 e. The molecule has 2 unspecified atom stereocenters. The van der Waals surface area contributed by atoms with Gasteiger partial charge in [0, 0.05) is 50.8 Å². The molecule has 0 spiro atoms. The molecule has 1 aromatic carbocycles. The molecule has 3 N–H and O–H groups in total. The molecule has 216 valence electrons. The van der Waals surface area contributed by atoms with Crippen molar-refractivity contribution in [3.05, 3.63) is 48.0 Å². The van der Waals surface area contributed by atoms with E-state index in [0.717, 1.165) is 29.7 Å². The lowest BCUT2D eigenvalue weighted by molar-refractivity contribution is -0.136. The fourth-order valence-corrected chi connectivity index (χ4v) is 4.78. The van der Waals surface area contributed by atoms with Crippen LogP contribution in [0.1, 0.15) is 18.4 Å². The molecule has 2 aliphatic rings. The van der Waals surface area contributed by atoms with Gasteiger partial charge in [-0.05, 0) is 18.4 Å². The smallest absolute Gasteiger partial charge is 0.431 e. The summed E-state index contributed by atoms with van der Waals surface area (Å²) in [5, 5.41) is 5.18. The standard InChI is InChI=1S/C24H31BN3O11P/c1-35-40(33,34)39-21-17(8-5-11-26-23(31)27-12-13-28-19(29)9-10-20(28)30)22(25)38-18(21)15-37-24(32)36-14-16-6-3-2-4-7-16/h2-4,6-7,9-10,17-18,21-22H,5,8,11-15H2,1H3,(H,33,34)(H2,26,27,31)/t17-,18+,21?,22+/m0/s1. The summed E-state index contributed by atoms with van der Waals surface area (Å²) >= 11 is 0. The number of hydrogen-bond acceptors (Lipinski definition) is 10. The molecule has 2 aliphatic heterocycles. The number of phosphoric acid groups is 1. The number of nitrogens with one attached hydrogen (secondary N) is 2. The highest BCUT2D eigenvalue weighted by atomic mass is 31.2. The van der Waals surface area contributed by atoms with E-state index in [2.05, 4.69) is 15.2 Å². The average Bonchev–Trinajstić information content (AvgIpc) is 3.41. The average molecular weight is 579 g/mol. The Balaban J connectivity index is 1.43. The highest BCUT2D eigenvalue weighted by Crippen LogP contribution is 2.48. The first-order valence-corrected chi connectivity index (χ1v) is 14.0. The zero-order valence-corrected chi connectivity index (χ0v) is 22.7. The van der Waals surface area contributed by atoms with Gasteiger partial charge in [-0.3, -0.25) is 23.5 Å². The number of benzene rings is 1. The fourth-order valence-electron chi connectivity index (χ4n) is 4.09. The van der Waals surface area contributed by atoms with Crippen molar-refractivity contribution in [3.8, 4) is 0 Å². The van der Waals surface area contributed by atoms with Gasteiger partial charge in [-0.2, -0.15) is 0 Å². The zero-order chi connectivity index (χ0) is 29.1. The van der Waals surface area contributed by atoms with Crippen molar-refractivity contribution >= 4 is 39.7 Å². The second kappa shape index (κ2) is 15.0. The van der Waals surface area contributed by atoms with Crippen LogP contribution in [0.15, 0.2) is 42.5 Å². The molecule has 2 heterocycles. The minimum Gasteiger partial charge on any atom is -0.431 e. The summed E-state index contributed by atoms with van der Waals surface area (Å²) in [4.78, 5) is 58.0. The first-order chi connectivity index (χ1) is 19.1. The molecule has 40 heavy (non-hydrogen) atoms. The van der Waals surface area contributed by atoms with Gasteiger partial charge in [0.05, 0.1) is 0 Å². The third-order valence-corrected chi connectivity index (χ3v) is 7.09. The maximum atomic E-state index is 12.2. The lowest BCUT2D eigenvalue weighted by atomic mass is 9.82. The van der Waals surface area contributed by atoms with E-state index in [1.54, 1.807) is 24.3 Å². The van der Waals surface area contributed by atoms with Crippen molar-refractivity contribution < 1.29 is 51.9 Å². The molecule has 1 fully saturated rings. The van der Waals surface area contributed by atoms with Gasteiger partial charge in [-0.1, -0.05) is 30.3 Å². The van der Waals surface area contributed by atoms with Crippen LogP contribution in [-0.4, -0.2) is 93.2 Å². The Kier molecular flexibility index (Phi) is 11.7. The van der Waals surface area contributed by atoms with Crippen molar-refractivity contribution in [1.82, 2.24) is 15.5 Å². The molecular weight excluding hydrogens is 548 g/mol. The molecule has 2 radical (unpaired) electrons. The number of carbonyl (C=O) groups is 4. The molecule has 1 saturated heterocycles. The van der Waals surface area contributed by atoms with E-state index in [9.17, 15) is 28.6 Å². The number of ether oxygens (including phenoxy) is 3.